The molecule has 148 valence electrons. The smallest absolute Gasteiger partial charge is 0.225 e. The Bertz CT molecular complexity index is 647. The van der Waals surface area contributed by atoms with Crippen LogP contribution >= 0.6 is 0 Å². The van der Waals surface area contributed by atoms with Crippen molar-refractivity contribution in [3.8, 4) is 0 Å². The molecule has 2 saturated carbocycles. The minimum absolute atomic E-state index is 0.0740. The molecule has 1 amide bonds. The van der Waals surface area contributed by atoms with Gasteiger partial charge < -0.3 is 10.1 Å². The third kappa shape index (κ3) is 4.91. The third-order valence-corrected chi connectivity index (χ3v) is 6.36. The molecule has 0 heterocycles. The Hall–Kier alpha value is -1.84. The van der Waals surface area contributed by atoms with Gasteiger partial charge in [-0.05, 0) is 36.8 Å². The van der Waals surface area contributed by atoms with Crippen LogP contribution in [0.15, 0.2) is 35.1 Å². The topological polar surface area (TPSA) is 55.4 Å². The maximum Gasteiger partial charge on any atom is 0.225 e. The molecule has 2 fully saturated rings. The Morgan fingerprint density at radius 1 is 1.11 bits per heavy atom. The number of carbonyl (C=O) groups is 2. The Kier molecular flexibility index (Phi) is 6.92. The molecule has 0 atom stereocenters. The fraction of sp³-hybridized carbons (Fsp3) is 0.652. The van der Waals surface area contributed by atoms with Gasteiger partial charge in [-0.1, -0.05) is 57.9 Å². The minimum Gasteiger partial charge on any atom is -0.492 e. The van der Waals surface area contributed by atoms with Gasteiger partial charge in [0.15, 0.2) is 5.76 Å². The summed E-state index contributed by atoms with van der Waals surface area (Å²) in [5, 5.41) is 2.97. The van der Waals surface area contributed by atoms with Crippen molar-refractivity contribution < 1.29 is 14.3 Å². The van der Waals surface area contributed by atoms with Crippen molar-refractivity contribution in [2.24, 2.45) is 11.8 Å². The summed E-state index contributed by atoms with van der Waals surface area (Å²) in [5.41, 5.74) is 2.39. The van der Waals surface area contributed by atoms with E-state index in [1.54, 1.807) is 7.11 Å². The van der Waals surface area contributed by atoms with E-state index in [4.69, 9.17) is 4.74 Å². The van der Waals surface area contributed by atoms with Gasteiger partial charge in [-0.2, -0.15) is 0 Å². The van der Waals surface area contributed by atoms with Gasteiger partial charge in [0.25, 0.3) is 0 Å². The van der Waals surface area contributed by atoms with E-state index in [-0.39, 0.29) is 24.2 Å². The Morgan fingerprint density at radius 2 is 1.74 bits per heavy atom. The number of hydrogen-bond donors (Lipinski definition) is 1. The minimum atomic E-state index is -0.0975. The van der Waals surface area contributed by atoms with Crippen molar-refractivity contribution in [3.63, 3.8) is 0 Å². The number of nitrogens with one attached hydrogen (secondary N) is 1. The van der Waals surface area contributed by atoms with Gasteiger partial charge >= 0.3 is 0 Å². The van der Waals surface area contributed by atoms with Crippen LogP contribution in [0.4, 0.5) is 0 Å². The normalized spacial score (nSPS) is 22.6. The molecule has 0 bridgehead atoms. The molecular formula is C23H33NO3. The second-order valence-corrected chi connectivity index (χ2v) is 8.30. The number of ketones is 1. The number of methoxy groups -OCH3 is 1. The van der Waals surface area contributed by atoms with E-state index in [2.05, 4.69) is 11.9 Å². The molecule has 0 saturated heterocycles. The van der Waals surface area contributed by atoms with Crippen molar-refractivity contribution in [3.05, 3.63) is 35.1 Å². The fourth-order valence-electron chi connectivity index (χ4n) is 4.73. The zero-order chi connectivity index (χ0) is 19.2. The first-order valence-corrected chi connectivity index (χ1v) is 10.6. The number of allylic oxidation sites excluding steroid dienone is 4. The van der Waals surface area contributed by atoms with Crippen LogP contribution in [-0.2, 0) is 14.3 Å². The highest BCUT2D eigenvalue weighted by atomic mass is 16.5. The summed E-state index contributed by atoms with van der Waals surface area (Å²) in [6.45, 7) is 4.44. The quantitative estimate of drug-likeness (QED) is 0.741. The lowest BCUT2D eigenvalue weighted by atomic mass is 9.80. The monoisotopic (exact) mass is 371 g/mol. The summed E-state index contributed by atoms with van der Waals surface area (Å²) in [7, 11) is 1.56. The number of ether oxygens (including phenoxy) is 1. The number of amides is 1. The molecule has 0 aromatic carbocycles. The van der Waals surface area contributed by atoms with E-state index in [9.17, 15) is 9.59 Å². The van der Waals surface area contributed by atoms with Crippen LogP contribution in [0.2, 0.25) is 0 Å². The summed E-state index contributed by atoms with van der Waals surface area (Å²) >= 11 is 0. The summed E-state index contributed by atoms with van der Waals surface area (Å²) in [5.74, 6) is 1.12. The van der Waals surface area contributed by atoms with Crippen LogP contribution in [0.1, 0.15) is 70.6 Å². The van der Waals surface area contributed by atoms with Crippen molar-refractivity contribution in [2.75, 3.05) is 13.7 Å². The van der Waals surface area contributed by atoms with Crippen LogP contribution in [0.25, 0.3) is 0 Å². The molecular weight excluding hydrogens is 338 g/mol. The van der Waals surface area contributed by atoms with Crippen LogP contribution in [0.5, 0.6) is 0 Å². The number of rotatable bonds is 6. The average molecular weight is 372 g/mol. The zero-order valence-electron chi connectivity index (χ0n) is 16.6. The van der Waals surface area contributed by atoms with Crippen molar-refractivity contribution in [2.45, 2.75) is 70.6 Å². The summed E-state index contributed by atoms with van der Waals surface area (Å²) in [4.78, 5) is 25.3. The Labute approximate surface area is 163 Å². The first-order chi connectivity index (χ1) is 13.1. The molecule has 0 aromatic rings. The number of Topliss-reactive ketones (excluding diaryl/α,β-unsaturated/α-hetero) is 1. The molecule has 3 aliphatic rings. The van der Waals surface area contributed by atoms with Gasteiger partial charge in [-0.3, -0.25) is 9.59 Å². The molecule has 0 aromatic heterocycles. The van der Waals surface area contributed by atoms with E-state index in [1.165, 1.54) is 38.5 Å². The van der Waals surface area contributed by atoms with Crippen LogP contribution < -0.4 is 5.32 Å². The highest BCUT2D eigenvalue weighted by Gasteiger charge is 2.29. The van der Waals surface area contributed by atoms with Crippen LogP contribution in [-0.4, -0.2) is 25.3 Å². The van der Waals surface area contributed by atoms with Crippen molar-refractivity contribution in [1.29, 1.82) is 0 Å². The summed E-state index contributed by atoms with van der Waals surface area (Å²) in [6, 6.07) is 0. The molecule has 4 heteroatoms. The number of hydrogen-bond acceptors (Lipinski definition) is 3. The Balaban J connectivity index is 1.63. The molecule has 3 aliphatic carbocycles. The molecule has 3 rings (SSSR count). The van der Waals surface area contributed by atoms with E-state index < -0.39 is 0 Å². The van der Waals surface area contributed by atoms with E-state index in [0.29, 0.717) is 17.3 Å². The highest BCUT2D eigenvalue weighted by molar-refractivity contribution is 6.10. The maximum atomic E-state index is 12.9. The van der Waals surface area contributed by atoms with E-state index in [1.807, 2.05) is 6.08 Å². The summed E-state index contributed by atoms with van der Waals surface area (Å²) < 4.78 is 5.50. The van der Waals surface area contributed by atoms with Crippen molar-refractivity contribution >= 4 is 11.7 Å². The van der Waals surface area contributed by atoms with Gasteiger partial charge in [0.2, 0.25) is 11.7 Å². The molecule has 4 nitrogen and oxygen atoms in total. The standard InChI is InChI=1S/C23H33NO3/c1-16-13-19(15-24-23(26)18-11-7-4-8-12-18)21(25)22(27-2)20(16)14-17-9-5-3-6-10-17/h13,17-18H,1,3-12,14-15H2,2H3,(H,24,26). The van der Waals surface area contributed by atoms with Gasteiger partial charge in [0.05, 0.1) is 7.11 Å². The third-order valence-electron chi connectivity index (χ3n) is 6.36. The lowest BCUT2D eigenvalue weighted by molar-refractivity contribution is -0.125. The predicted molar refractivity (Wildman–Crippen MR) is 107 cm³/mol. The average Bonchev–Trinajstić information content (AvgIpc) is 2.71. The summed E-state index contributed by atoms with van der Waals surface area (Å²) in [6.07, 6.45) is 14.4. The van der Waals surface area contributed by atoms with Gasteiger partial charge in [-0.25, -0.2) is 0 Å². The molecule has 1 N–H and O–H groups in total. The molecule has 0 unspecified atom stereocenters. The van der Waals surface area contributed by atoms with Crippen LogP contribution in [0.3, 0.4) is 0 Å². The SMILES string of the molecule is C=C1C=C(CNC(=O)C2CCCCC2)C(=O)C(OC)=C1CC1CCCCC1. The van der Waals surface area contributed by atoms with Crippen LogP contribution in [0, 0.1) is 11.8 Å². The lowest BCUT2D eigenvalue weighted by Crippen LogP contribution is -2.35. The molecule has 27 heavy (non-hydrogen) atoms. The highest BCUT2D eigenvalue weighted by Crippen LogP contribution is 2.35. The van der Waals surface area contributed by atoms with Crippen molar-refractivity contribution in [1.82, 2.24) is 5.32 Å². The molecule has 0 aliphatic heterocycles. The number of carbonyl (C=O) groups excluding carboxylic acids is 2. The van der Waals surface area contributed by atoms with Gasteiger partial charge in [0, 0.05) is 23.6 Å². The van der Waals surface area contributed by atoms with Gasteiger partial charge in [0.1, 0.15) is 0 Å². The van der Waals surface area contributed by atoms with E-state index in [0.717, 1.165) is 43.3 Å². The largest absolute Gasteiger partial charge is 0.492 e. The second-order valence-electron chi connectivity index (χ2n) is 8.30. The lowest BCUT2D eigenvalue weighted by Gasteiger charge is -2.27. The first kappa shape index (κ1) is 19.9. The second kappa shape index (κ2) is 9.38. The van der Waals surface area contributed by atoms with E-state index >= 15 is 0 Å². The van der Waals surface area contributed by atoms with Gasteiger partial charge in [-0.15, -0.1) is 0 Å². The predicted octanol–water partition coefficient (Wildman–Crippen LogP) is 4.62. The molecule has 0 radical (unpaired) electrons. The fourth-order valence-corrected chi connectivity index (χ4v) is 4.73. The maximum absolute atomic E-state index is 12.9. The first-order valence-electron chi connectivity index (χ1n) is 10.6. The molecule has 0 spiro atoms. The zero-order valence-corrected chi connectivity index (χ0v) is 16.6. The Morgan fingerprint density at radius 3 is 2.37 bits per heavy atom.